The molecular weight excluding hydrogens is 376 g/mol. The predicted molar refractivity (Wildman–Crippen MR) is 106 cm³/mol. The van der Waals surface area contributed by atoms with Crippen molar-refractivity contribution in [3.8, 4) is 0 Å². The second-order valence-electron chi connectivity index (χ2n) is 7.44. The Kier molecular flexibility index (Phi) is 4.50. The first-order valence-electron chi connectivity index (χ1n) is 9.36. The number of nitrogens with zero attached hydrogens (tertiary/aromatic N) is 1. The molecule has 2 aromatic rings. The lowest BCUT2D eigenvalue weighted by Crippen LogP contribution is -2.40. The first-order chi connectivity index (χ1) is 13.3. The van der Waals surface area contributed by atoms with E-state index < -0.39 is 15.9 Å². The Labute approximate surface area is 164 Å². The molecule has 0 radical (unpaired) electrons. The first-order valence-corrected chi connectivity index (χ1v) is 10.8. The highest BCUT2D eigenvalue weighted by Gasteiger charge is 2.38. The minimum Gasteiger partial charge on any atom is -0.322 e. The summed E-state index contributed by atoms with van der Waals surface area (Å²) < 4.78 is 26.5. The van der Waals surface area contributed by atoms with Gasteiger partial charge in [-0.2, -0.15) is 0 Å². The van der Waals surface area contributed by atoms with Gasteiger partial charge in [0.25, 0.3) is 15.9 Å². The summed E-state index contributed by atoms with van der Waals surface area (Å²) in [5.41, 5.74) is 4.17. The Morgan fingerprint density at radius 1 is 1.07 bits per heavy atom. The Bertz CT molecular complexity index is 1090. The second-order valence-corrected chi connectivity index (χ2v) is 9.37. The third-order valence-electron chi connectivity index (χ3n) is 5.57. The number of nitrogens with one attached hydrogen (secondary N) is 1. The number of fused-ring (bicyclic) bond motifs is 2. The molecule has 1 N–H and O–H groups in total. The van der Waals surface area contributed by atoms with E-state index in [-0.39, 0.29) is 17.2 Å². The molecule has 2 aromatic carbocycles. The quantitative estimate of drug-likeness (QED) is 0.843. The van der Waals surface area contributed by atoms with Crippen LogP contribution in [0.15, 0.2) is 35.2 Å². The molecule has 28 heavy (non-hydrogen) atoms. The van der Waals surface area contributed by atoms with Crippen molar-refractivity contribution >= 4 is 27.5 Å². The topological polar surface area (TPSA) is 83.6 Å². The predicted octanol–water partition coefficient (Wildman–Crippen LogP) is 2.83. The Balaban J connectivity index is 1.88. The van der Waals surface area contributed by atoms with Crippen molar-refractivity contribution < 1.29 is 18.0 Å². The molecule has 1 heterocycles. The maximum absolute atomic E-state index is 13.2. The van der Waals surface area contributed by atoms with E-state index in [1.165, 1.54) is 7.05 Å². The molecule has 0 saturated carbocycles. The number of amides is 2. The van der Waals surface area contributed by atoms with Crippen molar-refractivity contribution in [3.05, 3.63) is 58.1 Å². The fourth-order valence-electron chi connectivity index (χ4n) is 3.98. The summed E-state index contributed by atoms with van der Waals surface area (Å²) in [4.78, 5) is 25.6. The van der Waals surface area contributed by atoms with E-state index in [1.807, 2.05) is 31.2 Å². The van der Waals surface area contributed by atoms with Crippen LogP contribution in [0.4, 0.5) is 5.69 Å². The molecule has 0 spiro atoms. The van der Waals surface area contributed by atoms with Crippen LogP contribution in [0.1, 0.15) is 45.5 Å². The van der Waals surface area contributed by atoms with Gasteiger partial charge in [-0.05, 0) is 67.5 Å². The summed E-state index contributed by atoms with van der Waals surface area (Å²) in [5, 5.41) is 2.88. The fourth-order valence-corrected chi connectivity index (χ4v) is 5.38. The maximum atomic E-state index is 13.2. The van der Waals surface area contributed by atoms with E-state index in [0.29, 0.717) is 23.2 Å². The zero-order chi connectivity index (χ0) is 20.1. The number of hydrogen-bond acceptors (Lipinski definition) is 4. The van der Waals surface area contributed by atoms with Gasteiger partial charge in [0, 0.05) is 18.3 Å². The lowest BCUT2D eigenvalue weighted by Gasteiger charge is -2.30. The lowest BCUT2D eigenvalue weighted by atomic mass is 9.84. The monoisotopic (exact) mass is 398 g/mol. The molecule has 0 saturated heterocycles. The number of anilines is 1. The maximum Gasteiger partial charge on any atom is 0.266 e. The van der Waals surface area contributed by atoms with Crippen LogP contribution in [0.25, 0.3) is 0 Å². The summed E-state index contributed by atoms with van der Waals surface area (Å²) in [7, 11) is -2.66. The fraction of sp³-hybridized carbons (Fsp3) is 0.333. The zero-order valence-electron chi connectivity index (χ0n) is 15.9. The van der Waals surface area contributed by atoms with Gasteiger partial charge in [0.15, 0.2) is 0 Å². The molecule has 2 aliphatic rings. The molecule has 2 amide bonds. The Morgan fingerprint density at radius 3 is 2.46 bits per heavy atom. The summed E-state index contributed by atoms with van der Waals surface area (Å²) >= 11 is 0. The van der Waals surface area contributed by atoms with Gasteiger partial charge in [-0.15, -0.1) is 0 Å². The van der Waals surface area contributed by atoms with Gasteiger partial charge in [-0.3, -0.25) is 9.59 Å². The van der Waals surface area contributed by atoms with Gasteiger partial charge in [0.2, 0.25) is 5.91 Å². The highest BCUT2D eigenvalue weighted by atomic mass is 32.2. The van der Waals surface area contributed by atoms with Crippen LogP contribution in [-0.2, 0) is 34.1 Å². The normalized spacial score (nSPS) is 17.6. The van der Waals surface area contributed by atoms with Crippen LogP contribution >= 0.6 is 0 Å². The summed E-state index contributed by atoms with van der Waals surface area (Å²) in [6.07, 6.45) is 3.26. The van der Waals surface area contributed by atoms with Gasteiger partial charge >= 0.3 is 0 Å². The minimum absolute atomic E-state index is 0.0873. The molecule has 1 aliphatic heterocycles. The minimum atomic E-state index is -3.93. The van der Waals surface area contributed by atoms with E-state index in [4.69, 9.17) is 0 Å². The highest BCUT2D eigenvalue weighted by Crippen LogP contribution is 2.36. The van der Waals surface area contributed by atoms with Gasteiger partial charge in [-0.25, -0.2) is 12.7 Å². The smallest absolute Gasteiger partial charge is 0.266 e. The number of rotatable bonds is 2. The van der Waals surface area contributed by atoms with Crippen molar-refractivity contribution in [2.24, 2.45) is 0 Å². The summed E-state index contributed by atoms with van der Waals surface area (Å²) in [6, 6.07) is 9.09. The van der Waals surface area contributed by atoms with E-state index in [0.717, 1.165) is 40.3 Å². The van der Waals surface area contributed by atoms with Gasteiger partial charge in [-0.1, -0.05) is 17.7 Å². The number of likely N-dealkylation sites (N-methyl/N-ethyl adjacent to an activating group) is 1. The lowest BCUT2D eigenvalue weighted by molar-refractivity contribution is -0.125. The van der Waals surface area contributed by atoms with Crippen LogP contribution in [-0.4, -0.2) is 31.6 Å². The second kappa shape index (κ2) is 6.74. The van der Waals surface area contributed by atoms with Crippen molar-refractivity contribution in [2.75, 3.05) is 12.4 Å². The largest absolute Gasteiger partial charge is 0.322 e. The van der Waals surface area contributed by atoms with E-state index in [1.54, 1.807) is 6.07 Å². The van der Waals surface area contributed by atoms with Crippen molar-refractivity contribution in [1.29, 1.82) is 0 Å². The third kappa shape index (κ3) is 2.99. The molecule has 0 bridgehead atoms. The molecular formula is C21H22N2O4S. The van der Waals surface area contributed by atoms with Crippen LogP contribution in [0, 0.1) is 6.92 Å². The van der Waals surface area contributed by atoms with E-state index in [2.05, 4.69) is 5.32 Å². The molecule has 0 fully saturated rings. The molecule has 7 heteroatoms. The van der Waals surface area contributed by atoms with Crippen molar-refractivity contribution in [1.82, 2.24) is 4.31 Å². The van der Waals surface area contributed by atoms with E-state index >= 15 is 0 Å². The third-order valence-corrected chi connectivity index (χ3v) is 7.42. The van der Waals surface area contributed by atoms with Crippen molar-refractivity contribution in [2.45, 2.75) is 43.9 Å². The zero-order valence-corrected chi connectivity index (χ0v) is 16.7. The van der Waals surface area contributed by atoms with E-state index in [9.17, 15) is 18.0 Å². The van der Waals surface area contributed by atoms with Crippen LogP contribution in [0.2, 0.25) is 0 Å². The SMILES string of the molecule is Cc1ccc(NC(=O)c2c3c(cc4c2CC(=O)N(C)S4(=O)=O)CCCC3)cc1. The number of carbonyl (C=O) groups excluding carboxylic acids is 2. The summed E-state index contributed by atoms with van der Waals surface area (Å²) in [5.74, 6) is -0.876. The Morgan fingerprint density at radius 2 is 1.75 bits per heavy atom. The Hall–Kier alpha value is -2.67. The average molecular weight is 398 g/mol. The van der Waals surface area contributed by atoms with Gasteiger partial charge in [0.1, 0.15) is 0 Å². The number of carbonyl (C=O) groups is 2. The average Bonchev–Trinajstić information content (AvgIpc) is 2.67. The van der Waals surface area contributed by atoms with Crippen LogP contribution in [0.3, 0.4) is 0 Å². The van der Waals surface area contributed by atoms with Crippen LogP contribution in [0.5, 0.6) is 0 Å². The molecule has 6 nitrogen and oxygen atoms in total. The number of benzene rings is 2. The highest BCUT2D eigenvalue weighted by molar-refractivity contribution is 7.89. The van der Waals surface area contributed by atoms with Crippen LogP contribution < -0.4 is 5.32 Å². The number of hydrogen-bond donors (Lipinski definition) is 1. The number of aryl methyl sites for hydroxylation is 2. The molecule has 0 unspecified atom stereocenters. The van der Waals surface area contributed by atoms with Crippen molar-refractivity contribution in [3.63, 3.8) is 0 Å². The van der Waals surface area contributed by atoms with Gasteiger partial charge in [0.05, 0.1) is 11.3 Å². The molecule has 4 rings (SSSR count). The molecule has 1 aliphatic carbocycles. The molecule has 146 valence electrons. The first kappa shape index (κ1) is 18.7. The molecule has 0 atom stereocenters. The molecule has 0 aromatic heterocycles. The standard InChI is InChI=1S/C21H22N2O4S/c1-13-7-9-15(10-8-13)22-21(25)20-16-6-4-3-5-14(16)11-18-17(20)12-19(24)23(2)28(18,26)27/h7-11H,3-6,12H2,1-2H3,(H,22,25). The van der Waals surface area contributed by atoms with Gasteiger partial charge < -0.3 is 5.32 Å². The summed E-state index contributed by atoms with van der Waals surface area (Å²) in [6.45, 7) is 1.96. The number of sulfonamides is 1.